The largest absolute Gasteiger partial charge is 0.493 e. The Balaban J connectivity index is 1.74. The SMILES string of the molecule is O=C(N=Nc1c(O)[nH]c2ccc([N+](=O)[O-])cc12)c1c[nH]c2ccccc12. The van der Waals surface area contributed by atoms with Crippen LogP contribution < -0.4 is 0 Å². The first-order valence-corrected chi connectivity index (χ1v) is 7.56. The second kappa shape index (κ2) is 5.81. The van der Waals surface area contributed by atoms with Crippen molar-refractivity contribution in [2.45, 2.75) is 0 Å². The second-order valence-electron chi connectivity index (χ2n) is 5.56. The first kappa shape index (κ1) is 15.5. The van der Waals surface area contributed by atoms with Crippen LogP contribution in [0.3, 0.4) is 0 Å². The maximum atomic E-state index is 12.4. The van der Waals surface area contributed by atoms with Crippen molar-refractivity contribution < 1.29 is 14.8 Å². The van der Waals surface area contributed by atoms with E-state index in [9.17, 15) is 20.0 Å². The fraction of sp³-hybridized carbons (Fsp3) is 0. The van der Waals surface area contributed by atoms with Crippen molar-refractivity contribution in [2.75, 3.05) is 0 Å². The summed E-state index contributed by atoms with van der Waals surface area (Å²) in [5.74, 6) is -0.919. The molecule has 2 heterocycles. The fourth-order valence-electron chi connectivity index (χ4n) is 2.76. The van der Waals surface area contributed by atoms with Gasteiger partial charge in [0.15, 0.2) is 5.69 Å². The number of azo groups is 1. The number of nitrogens with zero attached hydrogens (tertiary/aromatic N) is 3. The monoisotopic (exact) mass is 349 g/mol. The van der Waals surface area contributed by atoms with Gasteiger partial charge in [0.05, 0.1) is 16.0 Å². The first-order chi connectivity index (χ1) is 12.5. The third kappa shape index (κ3) is 2.47. The number of nitro benzene ring substituents is 1. The molecule has 0 aliphatic carbocycles. The van der Waals surface area contributed by atoms with Gasteiger partial charge in [-0.15, -0.1) is 10.2 Å². The van der Waals surface area contributed by atoms with Gasteiger partial charge in [-0.1, -0.05) is 18.2 Å². The predicted octanol–water partition coefficient (Wildman–Crippen LogP) is 4.19. The fourth-order valence-corrected chi connectivity index (χ4v) is 2.76. The number of hydrogen-bond donors (Lipinski definition) is 3. The molecule has 26 heavy (non-hydrogen) atoms. The summed E-state index contributed by atoms with van der Waals surface area (Å²) >= 11 is 0. The minimum Gasteiger partial charge on any atom is -0.493 e. The standard InChI is InChI=1S/C17H11N5O4/c23-16(12-8-18-13-4-2-1-3-10(12)13)21-20-15-11-7-9(22(25)26)5-6-14(11)19-17(15)24/h1-8,18-19,24H. The zero-order valence-electron chi connectivity index (χ0n) is 13.1. The van der Waals surface area contributed by atoms with Gasteiger partial charge in [0.1, 0.15) is 0 Å². The molecule has 0 spiro atoms. The number of nitro groups is 1. The number of H-pyrrole nitrogens is 2. The van der Waals surface area contributed by atoms with Crippen LogP contribution in [0.5, 0.6) is 5.88 Å². The topological polar surface area (TPSA) is 137 Å². The number of carbonyl (C=O) groups is 1. The molecule has 128 valence electrons. The summed E-state index contributed by atoms with van der Waals surface area (Å²) in [6, 6.07) is 11.3. The van der Waals surface area contributed by atoms with Gasteiger partial charge in [0, 0.05) is 34.6 Å². The Morgan fingerprint density at radius 3 is 2.73 bits per heavy atom. The highest BCUT2D eigenvalue weighted by Crippen LogP contribution is 2.37. The van der Waals surface area contributed by atoms with E-state index in [2.05, 4.69) is 20.2 Å². The van der Waals surface area contributed by atoms with E-state index in [4.69, 9.17) is 0 Å². The highest BCUT2D eigenvalue weighted by molar-refractivity contribution is 6.07. The molecule has 0 saturated carbocycles. The number of aromatic nitrogens is 2. The smallest absolute Gasteiger partial charge is 0.297 e. The Morgan fingerprint density at radius 2 is 1.92 bits per heavy atom. The van der Waals surface area contributed by atoms with Crippen LogP contribution >= 0.6 is 0 Å². The molecule has 4 aromatic rings. The Labute approximate surface area is 145 Å². The lowest BCUT2D eigenvalue weighted by Crippen LogP contribution is -1.91. The number of para-hydroxylation sites is 1. The molecule has 0 aliphatic rings. The number of benzene rings is 2. The number of hydrogen-bond acceptors (Lipinski definition) is 5. The normalized spacial score (nSPS) is 11.5. The summed E-state index contributed by atoms with van der Waals surface area (Å²) in [7, 11) is 0. The molecule has 0 radical (unpaired) electrons. The van der Waals surface area contributed by atoms with Crippen LogP contribution in [0.4, 0.5) is 11.4 Å². The van der Waals surface area contributed by atoms with E-state index in [1.165, 1.54) is 24.4 Å². The van der Waals surface area contributed by atoms with Crippen LogP contribution in [0.2, 0.25) is 0 Å². The van der Waals surface area contributed by atoms with E-state index in [1.54, 1.807) is 12.1 Å². The summed E-state index contributed by atoms with van der Waals surface area (Å²) in [6.45, 7) is 0. The second-order valence-corrected chi connectivity index (χ2v) is 5.56. The summed E-state index contributed by atoms with van der Waals surface area (Å²) in [5, 5.41) is 29.4. The van der Waals surface area contributed by atoms with Crippen molar-refractivity contribution in [3.63, 3.8) is 0 Å². The molecule has 2 aromatic heterocycles. The van der Waals surface area contributed by atoms with E-state index in [1.807, 2.05) is 12.1 Å². The molecule has 3 N–H and O–H groups in total. The molecule has 0 bridgehead atoms. The Bertz CT molecular complexity index is 1200. The average Bonchev–Trinajstić information content (AvgIpc) is 3.19. The zero-order chi connectivity index (χ0) is 18.3. The summed E-state index contributed by atoms with van der Waals surface area (Å²) in [5.41, 5.74) is 1.39. The van der Waals surface area contributed by atoms with Crippen LogP contribution in [-0.4, -0.2) is 25.9 Å². The maximum absolute atomic E-state index is 12.4. The van der Waals surface area contributed by atoms with Crippen LogP contribution in [0.15, 0.2) is 58.9 Å². The molecule has 1 amide bonds. The minimum absolute atomic E-state index is 0.0307. The van der Waals surface area contributed by atoms with Crippen LogP contribution in [0.25, 0.3) is 21.8 Å². The summed E-state index contributed by atoms with van der Waals surface area (Å²) in [6.07, 6.45) is 1.53. The highest BCUT2D eigenvalue weighted by Gasteiger charge is 2.16. The molecular weight excluding hydrogens is 338 g/mol. The third-order valence-electron chi connectivity index (χ3n) is 4.01. The van der Waals surface area contributed by atoms with Gasteiger partial charge in [-0.2, -0.15) is 0 Å². The van der Waals surface area contributed by atoms with Crippen LogP contribution in [-0.2, 0) is 0 Å². The van der Waals surface area contributed by atoms with E-state index in [-0.39, 0.29) is 17.3 Å². The van der Waals surface area contributed by atoms with E-state index in [0.717, 1.165) is 5.52 Å². The molecule has 0 atom stereocenters. The van der Waals surface area contributed by atoms with Gasteiger partial charge in [-0.25, -0.2) is 0 Å². The van der Waals surface area contributed by atoms with E-state index in [0.29, 0.717) is 21.9 Å². The van der Waals surface area contributed by atoms with Crippen molar-refractivity contribution in [3.05, 3.63) is 64.3 Å². The van der Waals surface area contributed by atoms with E-state index < -0.39 is 10.8 Å². The van der Waals surface area contributed by atoms with Crippen molar-refractivity contribution >= 4 is 39.1 Å². The number of aromatic hydroxyl groups is 1. The third-order valence-corrected chi connectivity index (χ3v) is 4.01. The van der Waals surface area contributed by atoms with Gasteiger partial charge < -0.3 is 15.1 Å². The highest BCUT2D eigenvalue weighted by atomic mass is 16.6. The molecule has 0 saturated heterocycles. The number of non-ortho nitro benzene ring substituents is 1. The molecule has 2 aromatic carbocycles. The van der Waals surface area contributed by atoms with E-state index >= 15 is 0 Å². The Kier molecular flexibility index (Phi) is 3.47. The van der Waals surface area contributed by atoms with Gasteiger partial charge >= 0.3 is 0 Å². The van der Waals surface area contributed by atoms with Crippen molar-refractivity contribution in [3.8, 4) is 5.88 Å². The predicted molar refractivity (Wildman–Crippen MR) is 93.8 cm³/mol. The van der Waals surface area contributed by atoms with Crippen LogP contribution in [0, 0.1) is 10.1 Å². The average molecular weight is 349 g/mol. The first-order valence-electron chi connectivity index (χ1n) is 7.56. The van der Waals surface area contributed by atoms with Gasteiger partial charge in [-0.3, -0.25) is 14.9 Å². The summed E-state index contributed by atoms with van der Waals surface area (Å²) in [4.78, 5) is 28.3. The lowest BCUT2D eigenvalue weighted by Gasteiger charge is -1.94. The maximum Gasteiger partial charge on any atom is 0.297 e. The van der Waals surface area contributed by atoms with Crippen molar-refractivity contribution in [2.24, 2.45) is 10.2 Å². The van der Waals surface area contributed by atoms with Crippen molar-refractivity contribution in [1.29, 1.82) is 0 Å². The number of rotatable bonds is 3. The number of carbonyl (C=O) groups excluding carboxylic acids is 1. The Hall–Kier alpha value is -4.01. The quantitative estimate of drug-likeness (QED) is 0.290. The molecule has 0 aliphatic heterocycles. The van der Waals surface area contributed by atoms with Crippen molar-refractivity contribution in [1.82, 2.24) is 9.97 Å². The molecule has 0 unspecified atom stereocenters. The summed E-state index contributed by atoms with van der Waals surface area (Å²) < 4.78 is 0. The number of amides is 1. The number of fused-ring (bicyclic) bond motifs is 2. The molecule has 9 heteroatoms. The lowest BCUT2D eigenvalue weighted by molar-refractivity contribution is -0.384. The van der Waals surface area contributed by atoms with Crippen LogP contribution in [0.1, 0.15) is 10.4 Å². The number of aromatic amines is 2. The molecular formula is C17H11N5O4. The number of nitrogens with one attached hydrogen (secondary N) is 2. The minimum atomic E-state index is -0.596. The van der Waals surface area contributed by atoms with Gasteiger partial charge in [0.25, 0.3) is 11.6 Å². The molecule has 4 rings (SSSR count). The zero-order valence-corrected chi connectivity index (χ0v) is 13.1. The lowest BCUT2D eigenvalue weighted by atomic mass is 10.2. The van der Waals surface area contributed by atoms with Gasteiger partial charge in [0.2, 0.25) is 5.88 Å². The molecule has 9 nitrogen and oxygen atoms in total. The van der Waals surface area contributed by atoms with Gasteiger partial charge in [-0.05, 0) is 12.1 Å². The molecule has 0 fully saturated rings. The Morgan fingerprint density at radius 1 is 1.12 bits per heavy atom.